The fourth-order valence-corrected chi connectivity index (χ4v) is 4.72. The van der Waals surface area contributed by atoms with Gasteiger partial charge in [0.2, 0.25) is 10.0 Å². The van der Waals surface area contributed by atoms with Crippen molar-refractivity contribution in [3.8, 4) is 0 Å². The van der Waals surface area contributed by atoms with Crippen LogP contribution in [0.5, 0.6) is 0 Å². The van der Waals surface area contributed by atoms with Crippen LogP contribution in [0.25, 0.3) is 0 Å². The average molecular weight is 529 g/mol. The third-order valence-electron chi connectivity index (χ3n) is 4.90. The van der Waals surface area contributed by atoms with Gasteiger partial charge in [-0.2, -0.15) is 4.31 Å². The molecule has 1 aromatic heterocycles. The molecule has 158 valence electrons. The van der Waals surface area contributed by atoms with Crippen LogP contribution < -0.4 is 10.6 Å². The molecule has 0 atom stereocenters. The summed E-state index contributed by atoms with van der Waals surface area (Å²) < 4.78 is 27.0. The molecule has 2 heterocycles. The van der Waals surface area contributed by atoms with Crippen molar-refractivity contribution in [1.82, 2.24) is 19.9 Å². The molecule has 2 aromatic rings. The van der Waals surface area contributed by atoms with Crippen molar-refractivity contribution in [3.05, 3.63) is 60.4 Å². The fraction of sp³-hybridized carbons (Fsp3) is 0.400. The van der Waals surface area contributed by atoms with E-state index in [1.807, 2.05) is 24.3 Å². The van der Waals surface area contributed by atoms with Crippen LogP contribution in [0.1, 0.15) is 18.5 Å². The maximum absolute atomic E-state index is 12.7. The minimum absolute atomic E-state index is 0. The number of guanidine groups is 1. The van der Waals surface area contributed by atoms with Gasteiger partial charge in [-0.1, -0.05) is 24.3 Å². The molecule has 1 aromatic carbocycles. The standard InChI is InChI=1S/C20H27N5O2S.HI/c1-21-20(24-16-18-7-5-6-12-22-18)23-15-17-10-13-25(14-11-17)28(26,27)19-8-3-2-4-9-19;/h2-9,12,17H,10-11,13-16H2,1H3,(H2,21,23,24);1H. The number of hydrogen-bond acceptors (Lipinski definition) is 4. The van der Waals surface area contributed by atoms with E-state index in [9.17, 15) is 8.42 Å². The van der Waals surface area contributed by atoms with E-state index >= 15 is 0 Å². The monoisotopic (exact) mass is 529 g/mol. The molecule has 0 aliphatic carbocycles. The second-order valence-electron chi connectivity index (χ2n) is 6.79. The summed E-state index contributed by atoms with van der Waals surface area (Å²) in [5, 5.41) is 6.59. The molecule has 0 amide bonds. The first-order valence-corrected chi connectivity index (χ1v) is 10.9. The molecule has 0 unspecified atom stereocenters. The van der Waals surface area contributed by atoms with E-state index in [1.165, 1.54) is 0 Å². The first kappa shape index (κ1) is 23.6. The van der Waals surface area contributed by atoms with Crippen LogP contribution in [0, 0.1) is 5.92 Å². The first-order valence-electron chi connectivity index (χ1n) is 9.49. The van der Waals surface area contributed by atoms with E-state index < -0.39 is 10.0 Å². The topological polar surface area (TPSA) is 86.7 Å². The Morgan fingerprint density at radius 1 is 1.10 bits per heavy atom. The van der Waals surface area contributed by atoms with E-state index in [0.717, 1.165) is 31.0 Å². The third-order valence-corrected chi connectivity index (χ3v) is 6.81. The predicted molar refractivity (Wildman–Crippen MR) is 126 cm³/mol. The zero-order chi connectivity index (χ0) is 19.8. The molecule has 1 aliphatic heterocycles. The molecule has 1 aliphatic rings. The van der Waals surface area contributed by atoms with E-state index in [1.54, 1.807) is 41.8 Å². The summed E-state index contributed by atoms with van der Waals surface area (Å²) >= 11 is 0. The number of halogens is 1. The molecule has 0 spiro atoms. The highest BCUT2D eigenvalue weighted by atomic mass is 127. The SMILES string of the molecule is CN=C(NCc1ccccn1)NCC1CCN(S(=O)(=O)c2ccccc2)CC1.I. The van der Waals surface area contributed by atoms with Crippen LogP contribution in [-0.4, -0.2) is 50.3 Å². The van der Waals surface area contributed by atoms with Crippen LogP contribution in [0.2, 0.25) is 0 Å². The number of piperidine rings is 1. The van der Waals surface area contributed by atoms with E-state index in [-0.39, 0.29) is 24.0 Å². The Balaban J connectivity index is 0.00000300. The quantitative estimate of drug-likeness (QED) is 0.341. The smallest absolute Gasteiger partial charge is 0.243 e. The van der Waals surface area contributed by atoms with E-state index in [2.05, 4.69) is 20.6 Å². The zero-order valence-corrected chi connectivity index (χ0v) is 19.6. The molecule has 2 N–H and O–H groups in total. The summed E-state index contributed by atoms with van der Waals surface area (Å²) in [4.78, 5) is 8.89. The number of nitrogens with zero attached hydrogens (tertiary/aromatic N) is 3. The van der Waals surface area contributed by atoms with Crippen molar-refractivity contribution in [1.29, 1.82) is 0 Å². The second kappa shape index (κ2) is 11.5. The van der Waals surface area contributed by atoms with E-state index in [0.29, 0.717) is 30.4 Å². The normalized spacial score (nSPS) is 16.1. The van der Waals surface area contributed by atoms with Crippen molar-refractivity contribution in [2.45, 2.75) is 24.3 Å². The van der Waals surface area contributed by atoms with Gasteiger partial charge in [0.1, 0.15) is 0 Å². The van der Waals surface area contributed by atoms with Gasteiger partial charge in [-0.15, -0.1) is 24.0 Å². The lowest BCUT2D eigenvalue weighted by Crippen LogP contribution is -2.44. The number of hydrogen-bond donors (Lipinski definition) is 2. The molecule has 3 rings (SSSR count). The highest BCUT2D eigenvalue weighted by molar-refractivity contribution is 14.0. The molecule has 9 heteroatoms. The summed E-state index contributed by atoms with van der Waals surface area (Å²) in [5.74, 6) is 1.14. The number of aromatic nitrogens is 1. The number of sulfonamides is 1. The Morgan fingerprint density at radius 2 is 1.79 bits per heavy atom. The summed E-state index contributed by atoms with van der Waals surface area (Å²) in [6.07, 6.45) is 3.43. The molecule has 29 heavy (non-hydrogen) atoms. The van der Waals surface area contributed by atoms with Crippen molar-refractivity contribution in [3.63, 3.8) is 0 Å². The second-order valence-corrected chi connectivity index (χ2v) is 8.73. The number of pyridine rings is 1. The van der Waals surface area contributed by atoms with E-state index in [4.69, 9.17) is 0 Å². The number of rotatable bonds is 6. The summed E-state index contributed by atoms with van der Waals surface area (Å²) in [6.45, 7) is 2.46. The van der Waals surface area contributed by atoms with Gasteiger partial charge in [-0.05, 0) is 43.0 Å². The number of nitrogens with one attached hydrogen (secondary N) is 2. The Labute approximate surface area is 190 Å². The van der Waals surface area contributed by atoms with Gasteiger partial charge in [0.05, 0.1) is 17.1 Å². The van der Waals surface area contributed by atoms with Crippen molar-refractivity contribution in [2.75, 3.05) is 26.7 Å². The lowest BCUT2D eigenvalue weighted by molar-refractivity contribution is 0.273. The molecule has 0 bridgehead atoms. The minimum atomic E-state index is -3.39. The van der Waals surface area contributed by atoms with Gasteiger partial charge in [0, 0.05) is 32.9 Å². The Kier molecular flexibility index (Phi) is 9.31. The molecule has 0 radical (unpaired) electrons. The largest absolute Gasteiger partial charge is 0.356 e. The van der Waals surface area contributed by atoms with Gasteiger partial charge in [0.25, 0.3) is 0 Å². The third kappa shape index (κ3) is 6.65. The van der Waals surface area contributed by atoms with Gasteiger partial charge < -0.3 is 10.6 Å². The van der Waals surface area contributed by atoms with Gasteiger partial charge in [-0.25, -0.2) is 8.42 Å². The molecular weight excluding hydrogens is 501 g/mol. The van der Waals surface area contributed by atoms with Crippen LogP contribution in [0.4, 0.5) is 0 Å². The number of aliphatic imine (C=N–C) groups is 1. The molecule has 1 fully saturated rings. The maximum atomic E-state index is 12.7. The lowest BCUT2D eigenvalue weighted by atomic mass is 9.98. The van der Waals surface area contributed by atoms with Crippen molar-refractivity contribution in [2.24, 2.45) is 10.9 Å². The highest BCUT2D eigenvalue weighted by Crippen LogP contribution is 2.23. The van der Waals surface area contributed by atoms with Crippen LogP contribution in [0.15, 0.2) is 64.6 Å². The lowest BCUT2D eigenvalue weighted by Gasteiger charge is -2.31. The molecule has 0 saturated carbocycles. The summed E-state index contributed by atoms with van der Waals surface area (Å²) in [7, 11) is -1.65. The predicted octanol–water partition coefficient (Wildman–Crippen LogP) is 2.47. The Morgan fingerprint density at radius 3 is 2.41 bits per heavy atom. The maximum Gasteiger partial charge on any atom is 0.243 e. The van der Waals surface area contributed by atoms with Gasteiger partial charge in [-0.3, -0.25) is 9.98 Å². The summed E-state index contributed by atoms with van der Waals surface area (Å²) in [5.41, 5.74) is 0.949. The average Bonchev–Trinajstić information content (AvgIpc) is 2.75. The van der Waals surface area contributed by atoms with Gasteiger partial charge >= 0.3 is 0 Å². The highest BCUT2D eigenvalue weighted by Gasteiger charge is 2.29. The molecule has 7 nitrogen and oxygen atoms in total. The Hall–Kier alpha value is -1.72. The van der Waals surface area contributed by atoms with Crippen molar-refractivity contribution < 1.29 is 8.42 Å². The molecule has 1 saturated heterocycles. The first-order chi connectivity index (χ1) is 13.6. The van der Waals surface area contributed by atoms with Crippen LogP contribution >= 0.6 is 24.0 Å². The van der Waals surface area contributed by atoms with Crippen LogP contribution in [-0.2, 0) is 16.6 Å². The fourth-order valence-electron chi connectivity index (χ4n) is 3.23. The van der Waals surface area contributed by atoms with Gasteiger partial charge in [0.15, 0.2) is 5.96 Å². The minimum Gasteiger partial charge on any atom is -0.356 e. The van der Waals surface area contributed by atoms with Crippen molar-refractivity contribution >= 4 is 40.0 Å². The Bertz CT molecular complexity index is 870. The van der Waals surface area contributed by atoms with Crippen LogP contribution in [0.3, 0.4) is 0 Å². The number of benzene rings is 1. The zero-order valence-electron chi connectivity index (χ0n) is 16.5. The summed E-state index contributed by atoms with van der Waals surface area (Å²) in [6, 6.07) is 14.5. The molecular formula is C20H28IN5O2S.